The Hall–Kier alpha value is -0.860. The predicted octanol–water partition coefficient (Wildman–Crippen LogP) is 3.11. The summed E-state index contributed by atoms with van der Waals surface area (Å²) in [5, 5.41) is 3.70. The summed E-state index contributed by atoms with van der Waals surface area (Å²) in [4.78, 5) is 2.49. The molecule has 0 spiro atoms. The standard InChI is InChI=1S/C17H28N2/c1-14(2)17(15-8-5-4-6-9-15)13-18-12-16-10-7-11-19(16)3/h4-6,8-9,14,16-18H,7,10-13H2,1-3H3. The van der Waals surface area contributed by atoms with Crippen LogP contribution < -0.4 is 5.32 Å². The molecular formula is C17H28N2. The first-order valence-electron chi connectivity index (χ1n) is 7.64. The Balaban J connectivity index is 1.84. The van der Waals surface area contributed by atoms with Gasteiger partial charge in [0.05, 0.1) is 0 Å². The molecule has 0 saturated carbocycles. The van der Waals surface area contributed by atoms with Crippen LogP contribution in [0, 0.1) is 5.92 Å². The van der Waals surface area contributed by atoms with E-state index in [1.165, 1.54) is 24.9 Å². The van der Waals surface area contributed by atoms with Crippen LogP contribution in [0.5, 0.6) is 0 Å². The molecule has 0 bridgehead atoms. The number of rotatable bonds is 6. The lowest BCUT2D eigenvalue weighted by atomic mass is 9.88. The normalized spacial score (nSPS) is 22.0. The van der Waals surface area contributed by atoms with E-state index in [1.807, 2.05) is 0 Å². The van der Waals surface area contributed by atoms with Crippen molar-refractivity contribution in [1.29, 1.82) is 0 Å². The molecule has 1 aliphatic rings. The molecule has 0 aromatic heterocycles. The number of likely N-dealkylation sites (N-methyl/N-ethyl adjacent to an activating group) is 1. The SMILES string of the molecule is CC(C)C(CNCC1CCCN1C)c1ccccc1. The summed E-state index contributed by atoms with van der Waals surface area (Å²) in [6.07, 6.45) is 2.70. The Kier molecular flexibility index (Phi) is 5.41. The third kappa shape index (κ3) is 4.05. The van der Waals surface area contributed by atoms with E-state index in [0.29, 0.717) is 11.8 Å². The van der Waals surface area contributed by atoms with E-state index in [4.69, 9.17) is 0 Å². The van der Waals surface area contributed by atoms with Gasteiger partial charge in [0.2, 0.25) is 0 Å². The molecule has 1 heterocycles. The highest BCUT2D eigenvalue weighted by atomic mass is 15.2. The van der Waals surface area contributed by atoms with Gasteiger partial charge in [-0.1, -0.05) is 44.2 Å². The summed E-state index contributed by atoms with van der Waals surface area (Å²) in [5.74, 6) is 1.30. The molecule has 0 amide bonds. The zero-order chi connectivity index (χ0) is 13.7. The van der Waals surface area contributed by atoms with E-state index in [-0.39, 0.29) is 0 Å². The second-order valence-corrected chi connectivity index (χ2v) is 6.20. The highest BCUT2D eigenvalue weighted by Gasteiger charge is 2.21. The Morgan fingerprint density at radius 2 is 2.00 bits per heavy atom. The molecule has 1 aromatic rings. The van der Waals surface area contributed by atoms with Gasteiger partial charge in [-0.2, -0.15) is 0 Å². The van der Waals surface area contributed by atoms with Crippen molar-refractivity contribution < 1.29 is 0 Å². The number of likely N-dealkylation sites (tertiary alicyclic amines) is 1. The van der Waals surface area contributed by atoms with Crippen LogP contribution in [0.3, 0.4) is 0 Å². The van der Waals surface area contributed by atoms with Crippen molar-refractivity contribution in [3.63, 3.8) is 0 Å². The summed E-state index contributed by atoms with van der Waals surface area (Å²) in [5.41, 5.74) is 1.46. The maximum Gasteiger partial charge on any atom is 0.0218 e. The quantitative estimate of drug-likeness (QED) is 0.845. The minimum absolute atomic E-state index is 0.618. The molecule has 2 heteroatoms. The fraction of sp³-hybridized carbons (Fsp3) is 0.647. The summed E-state index contributed by atoms with van der Waals surface area (Å²) in [7, 11) is 2.25. The second-order valence-electron chi connectivity index (χ2n) is 6.20. The van der Waals surface area contributed by atoms with E-state index in [0.717, 1.165) is 19.1 Å². The number of benzene rings is 1. The fourth-order valence-corrected chi connectivity index (χ4v) is 3.08. The van der Waals surface area contributed by atoms with Crippen molar-refractivity contribution in [2.24, 2.45) is 5.92 Å². The Morgan fingerprint density at radius 3 is 2.58 bits per heavy atom. The predicted molar refractivity (Wildman–Crippen MR) is 82.5 cm³/mol. The molecule has 2 nitrogen and oxygen atoms in total. The van der Waals surface area contributed by atoms with Gasteiger partial charge in [0.25, 0.3) is 0 Å². The highest BCUT2D eigenvalue weighted by Crippen LogP contribution is 2.23. The molecule has 2 unspecified atom stereocenters. The first-order valence-corrected chi connectivity index (χ1v) is 7.64. The van der Waals surface area contributed by atoms with Gasteiger partial charge in [0.1, 0.15) is 0 Å². The molecule has 2 atom stereocenters. The molecule has 1 fully saturated rings. The van der Waals surface area contributed by atoms with E-state index < -0.39 is 0 Å². The fourth-order valence-electron chi connectivity index (χ4n) is 3.08. The number of hydrogen-bond donors (Lipinski definition) is 1. The van der Waals surface area contributed by atoms with Crippen molar-refractivity contribution in [3.05, 3.63) is 35.9 Å². The van der Waals surface area contributed by atoms with E-state index in [9.17, 15) is 0 Å². The average molecular weight is 260 g/mol. The van der Waals surface area contributed by atoms with Crippen molar-refractivity contribution >= 4 is 0 Å². The van der Waals surface area contributed by atoms with E-state index in [2.05, 4.69) is 61.4 Å². The summed E-state index contributed by atoms with van der Waals surface area (Å²) >= 11 is 0. The van der Waals surface area contributed by atoms with E-state index >= 15 is 0 Å². The van der Waals surface area contributed by atoms with Gasteiger partial charge in [0.15, 0.2) is 0 Å². The zero-order valence-electron chi connectivity index (χ0n) is 12.6. The Bertz CT molecular complexity index is 361. The average Bonchev–Trinajstić information content (AvgIpc) is 2.81. The lowest BCUT2D eigenvalue weighted by molar-refractivity contribution is 0.296. The lowest BCUT2D eigenvalue weighted by Gasteiger charge is -2.25. The van der Waals surface area contributed by atoms with Gasteiger partial charge in [-0.3, -0.25) is 0 Å². The number of nitrogens with zero attached hydrogens (tertiary/aromatic N) is 1. The molecule has 0 aliphatic carbocycles. The third-order valence-corrected chi connectivity index (χ3v) is 4.45. The largest absolute Gasteiger partial charge is 0.315 e. The molecule has 1 aliphatic heterocycles. The van der Waals surface area contributed by atoms with Gasteiger partial charge in [0, 0.05) is 19.1 Å². The topological polar surface area (TPSA) is 15.3 Å². The first-order chi connectivity index (χ1) is 9.18. The van der Waals surface area contributed by atoms with Crippen molar-refractivity contribution in [1.82, 2.24) is 10.2 Å². The minimum Gasteiger partial charge on any atom is -0.315 e. The van der Waals surface area contributed by atoms with Crippen LogP contribution >= 0.6 is 0 Å². The van der Waals surface area contributed by atoms with Crippen LogP contribution in [-0.2, 0) is 0 Å². The van der Waals surface area contributed by atoms with Crippen LogP contribution in [0.25, 0.3) is 0 Å². The van der Waals surface area contributed by atoms with Crippen molar-refractivity contribution in [2.75, 3.05) is 26.7 Å². The summed E-state index contributed by atoms with van der Waals surface area (Å²) in [6, 6.07) is 11.7. The highest BCUT2D eigenvalue weighted by molar-refractivity contribution is 5.20. The first kappa shape index (κ1) is 14.5. The second kappa shape index (κ2) is 7.06. The maximum absolute atomic E-state index is 3.70. The van der Waals surface area contributed by atoms with Crippen LogP contribution in [0.1, 0.15) is 38.2 Å². The van der Waals surface area contributed by atoms with Gasteiger partial charge in [-0.25, -0.2) is 0 Å². The lowest BCUT2D eigenvalue weighted by Crippen LogP contribution is -2.37. The van der Waals surface area contributed by atoms with Crippen LogP contribution in [0.15, 0.2) is 30.3 Å². The van der Waals surface area contributed by atoms with Gasteiger partial charge >= 0.3 is 0 Å². The van der Waals surface area contributed by atoms with Crippen molar-refractivity contribution in [2.45, 2.75) is 38.6 Å². The monoisotopic (exact) mass is 260 g/mol. The molecule has 0 radical (unpaired) electrons. The Morgan fingerprint density at radius 1 is 1.26 bits per heavy atom. The smallest absolute Gasteiger partial charge is 0.0218 e. The molecule has 1 saturated heterocycles. The number of nitrogens with one attached hydrogen (secondary N) is 1. The third-order valence-electron chi connectivity index (χ3n) is 4.45. The van der Waals surface area contributed by atoms with Gasteiger partial charge < -0.3 is 10.2 Å². The molecule has 106 valence electrons. The maximum atomic E-state index is 3.70. The summed E-state index contributed by atoms with van der Waals surface area (Å²) in [6.45, 7) is 8.12. The molecule has 2 rings (SSSR count). The molecule has 1 aromatic carbocycles. The van der Waals surface area contributed by atoms with Crippen LogP contribution in [0.2, 0.25) is 0 Å². The van der Waals surface area contributed by atoms with Gasteiger partial charge in [-0.15, -0.1) is 0 Å². The minimum atomic E-state index is 0.618. The zero-order valence-corrected chi connectivity index (χ0v) is 12.6. The Labute approximate surface area is 118 Å². The molecule has 1 N–H and O–H groups in total. The van der Waals surface area contributed by atoms with Crippen molar-refractivity contribution in [3.8, 4) is 0 Å². The van der Waals surface area contributed by atoms with E-state index in [1.54, 1.807) is 0 Å². The molecule has 19 heavy (non-hydrogen) atoms. The number of hydrogen-bond acceptors (Lipinski definition) is 2. The van der Waals surface area contributed by atoms with Crippen LogP contribution in [0.4, 0.5) is 0 Å². The van der Waals surface area contributed by atoms with Crippen LogP contribution in [-0.4, -0.2) is 37.6 Å². The molecular weight excluding hydrogens is 232 g/mol. The summed E-state index contributed by atoms with van der Waals surface area (Å²) < 4.78 is 0. The van der Waals surface area contributed by atoms with Gasteiger partial charge in [-0.05, 0) is 43.8 Å².